The second-order valence-corrected chi connectivity index (χ2v) is 9.07. The number of benzene rings is 3. The van der Waals surface area contributed by atoms with Crippen molar-refractivity contribution in [2.75, 3.05) is 55.3 Å². The summed E-state index contributed by atoms with van der Waals surface area (Å²) in [6.45, 7) is 4.82. The molecule has 176 valence electrons. The van der Waals surface area contributed by atoms with Crippen molar-refractivity contribution >= 4 is 23.0 Å². The molecule has 2 heterocycles. The van der Waals surface area contributed by atoms with Crippen LogP contribution in [-0.2, 0) is 9.53 Å². The Morgan fingerprint density at radius 3 is 2.12 bits per heavy atom. The minimum atomic E-state index is -0.0730. The van der Waals surface area contributed by atoms with Crippen molar-refractivity contribution in [1.82, 2.24) is 4.90 Å². The monoisotopic (exact) mass is 456 g/mol. The fraction of sp³-hybridized carbons (Fsp3) is 0.321. The SMILES string of the molecule is Nc1cc(NC(=O)C2CCOC2)ccc1N1CCN(C(c2ccccc2)c2ccccc2)CC1. The first kappa shape index (κ1) is 22.4. The van der Waals surface area contributed by atoms with Crippen LogP contribution in [0.1, 0.15) is 23.6 Å². The summed E-state index contributed by atoms with van der Waals surface area (Å²) in [7, 11) is 0. The first-order valence-electron chi connectivity index (χ1n) is 12.1. The maximum absolute atomic E-state index is 12.4. The molecular formula is C28H32N4O2. The number of hydrogen-bond acceptors (Lipinski definition) is 5. The van der Waals surface area contributed by atoms with Crippen LogP contribution in [0.5, 0.6) is 0 Å². The van der Waals surface area contributed by atoms with Crippen LogP contribution in [0.4, 0.5) is 17.1 Å². The lowest BCUT2D eigenvalue weighted by Gasteiger charge is -2.41. The van der Waals surface area contributed by atoms with Crippen molar-refractivity contribution in [3.8, 4) is 0 Å². The average molecular weight is 457 g/mol. The van der Waals surface area contributed by atoms with Gasteiger partial charge in [0.05, 0.1) is 29.9 Å². The van der Waals surface area contributed by atoms with E-state index in [0.717, 1.165) is 44.0 Å². The molecule has 2 fully saturated rings. The number of nitrogens with two attached hydrogens (primary N) is 1. The van der Waals surface area contributed by atoms with Crippen molar-refractivity contribution in [3.05, 3.63) is 90.0 Å². The van der Waals surface area contributed by atoms with E-state index in [1.165, 1.54) is 11.1 Å². The topological polar surface area (TPSA) is 70.8 Å². The van der Waals surface area contributed by atoms with Gasteiger partial charge in [0.15, 0.2) is 0 Å². The van der Waals surface area contributed by atoms with Crippen molar-refractivity contribution < 1.29 is 9.53 Å². The Balaban J connectivity index is 1.26. The molecule has 1 unspecified atom stereocenters. The third kappa shape index (κ3) is 4.93. The number of nitrogens with zero attached hydrogens (tertiary/aromatic N) is 2. The van der Waals surface area contributed by atoms with Crippen LogP contribution < -0.4 is 16.0 Å². The van der Waals surface area contributed by atoms with Crippen molar-refractivity contribution in [2.45, 2.75) is 12.5 Å². The molecule has 3 aromatic carbocycles. The molecule has 3 aromatic rings. The molecule has 0 radical (unpaired) electrons. The van der Waals surface area contributed by atoms with Crippen LogP contribution >= 0.6 is 0 Å². The minimum Gasteiger partial charge on any atom is -0.397 e. The summed E-state index contributed by atoms with van der Waals surface area (Å²) >= 11 is 0. The van der Waals surface area contributed by atoms with Gasteiger partial charge < -0.3 is 20.7 Å². The zero-order valence-corrected chi connectivity index (χ0v) is 19.4. The molecular weight excluding hydrogens is 424 g/mol. The van der Waals surface area contributed by atoms with Crippen molar-refractivity contribution in [1.29, 1.82) is 0 Å². The summed E-state index contributed by atoms with van der Waals surface area (Å²) in [6, 6.07) is 27.5. The Morgan fingerprint density at radius 2 is 1.56 bits per heavy atom. The number of hydrogen-bond donors (Lipinski definition) is 2. The summed E-state index contributed by atoms with van der Waals surface area (Å²) in [6.07, 6.45) is 0.774. The van der Waals surface area contributed by atoms with E-state index in [9.17, 15) is 4.79 Å². The van der Waals surface area contributed by atoms with E-state index in [2.05, 4.69) is 75.8 Å². The summed E-state index contributed by atoms with van der Waals surface area (Å²) in [4.78, 5) is 17.3. The molecule has 3 N–H and O–H groups in total. The number of ether oxygens (including phenoxy) is 1. The lowest BCUT2D eigenvalue weighted by atomic mass is 9.96. The number of anilines is 3. The zero-order chi connectivity index (χ0) is 23.3. The zero-order valence-electron chi connectivity index (χ0n) is 19.4. The second-order valence-electron chi connectivity index (χ2n) is 9.07. The highest BCUT2D eigenvalue weighted by Crippen LogP contribution is 2.32. The highest BCUT2D eigenvalue weighted by Gasteiger charge is 2.27. The van der Waals surface area contributed by atoms with Gasteiger partial charge in [0, 0.05) is 38.5 Å². The Labute approximate surface area is 201 Å². The van der Waals surface area contributed by atoms with Crippen LogP contribution in [0.25, 0.3) is 0 Å². The summed E-state index contributed by atoms with van der Waals surface area (Å²) in [5.74, 6) is -0.0673. The summed E-state index contributed by atoms with van der Waals surface area (Å²) < 4.78 is 5.32. The number of piperazine rings is 1. The maximum Gasteiger partial charge on any atom is 0.229 e. The number of nitrogen functional groups attached to an aromatic ring is 1. The second kappa shape index (κ2) is 10.3. The molecule has 5 rings (SSSR count). The molecule has 0 saturated carbocycles. The summed E-state index contributed by atoms with van der Waals surface area (Å²) in [5, 5.41) is 2.99. The number of amides is 1. The van der Waals surface area contributed by atoms with E-state index in [1.54, 1.807) is 0 Å². The van der Waals surface area contributed by atoms with Crippen LogP contribution in [-0.4, -0.2) is 50.2 Å². The van der Waals surface area contributed by atoms with Crippen LogP contribution in [0.15, 0.2) is 78.9 Å². The highest BCUT2D eigenvalue weighted by atomic mass is 16.5. The first-order chi connectivity index (χ1) is 16.7. The first-order valence-corrected chi connectivity index (χ1v) is 12.1. The molecule has 2 saturated heterocycles. The molecule has 2 aliphatic rings. The van der Waals surface area contributed by atoms with E-state index >= 15 is 0 Å². The number of rotatable bonds is 6. The Hall–Kier alpha value is -3.35. The van der Waals surface area contributed by atoms with Gasteiger partial charge in [0.2, 0.25) is 5.91 Å². The molecule has 0 aliphatic carbocycles. The van der Waals surface area contributed by atoms with E-state index in [-0.39, 0.29) is 17.9 Å². The van der Waals surface area contributed by atoms with E-state index in [4.69, 9.17) is 10.5 Å². The third-order valence-electron chi connectivity index (χ3n) is 6.85. The minimum absolute atomic E-state index is 0.00568. The lowest BCUT2D eigenvalue weighted by Crippen LogP contribution is -2.48. The fourth-order valence-electron chi connectivity index (χ4n) is 5.01. The van der Waals surface area contributed by atoms with Gasteiger partial charge in [-0.1, -0.05) is 60.7 Å². The average Bonchev–Trinajstić information content (AvgIpc) is 3.42. The van der Waals surface area contributed by atoms with Gasteiger partial charge in [-0.05, 0) is 35.7 Å². The van der Waals surface area contributed by atoms with Gasteiger partial charge >= 0.3 is 0 Å². The van der Waals surface area contributed by atoms with Gasteiger partial charge in [-0.3, -0.25) is 9.69 Å². The predicted octanol–water partition coefficient (Wildman–Crippen LogP) is 4.16. The largest absolute Gasteiger partial charge is 0.397 e. The van der Waals surface area contributed by atoms with Gasteiger partial charge in [-0.15, -0.1) is 0 Å². The standard InChI is InChI=1S/C28H32N4O2/c29-25-19-24(30-28(33)23-13-18-34-20-23)11-12-26(25)31-14-16-32(17-15-31)27(21-7-3-1-4-8-21)22-9-5-2-6-10-22/h1-12,19,23,27H,13-18,20,29H2,(H,30,33). The quantitative estimate of drug-likeness (QED) is 0.545. The molecule has 0 aromatic heterocycles. The molecule has 34 heavy (non-hydrogen) atoms. The van der Waals surface area contributed by atoms with Crippen LogP contribution in [0.3, 0.4) is 0 Å². The molecule has 0 bridgehead atoms. The Bertz CT molecular complexity index is 1050. The molecule has 1 amide bonds. The fourth-order valence-corrected chi connectivity index (χ4v) is 5.01. The van der Waals surface area contributed by atoms with Gasteiger partial charge in [-0.25, -0.2) is 0 Å². The molecule has 0 spiro atoms. The maximum atomic E-state index is 12.4. The molecule has 6 nitrogen and oxygen atoms in total. The van der Waals surface area contributed by atoms with E-state index in [1.807, 2.05) is 18.2 Å². The normalized spacial score (nSPS) is 18.9. The van der Waals surface area contributed by atoms with Gasteiger partial charge in [0.1, 0.15) is 0 Å². The number of nitrogens with one attached hydrogen (secondary N) is 1. The van der Waals surface area contributed by atoms with Crippen molar-refractivity contribution in [3.63, 3.8) is 0 Å². The number of carbonyl (C=O) groups excluding carboxylic acids is 1. The third-order valence-corrected chi connectivity index (χ3v) is 6.85. The van der Waals surface area contributed by atoms with Gasteiger partial charge in [-0.2, -0.15) is 0 Å². The Morgan fingerprint density at radius 1 is 0.912 bits per heavy atom. The molecule has 6 heteroatoms. The van der Waals surface area contributed by atoms with Crippen molar-refractivity contribution in [2.24, 2.45) is 5.92 Å². The van der Waals surface area contributed by atoms with E-state index in [0.29, 0.717) is 18.9 Å². The lowest BCUT2D eigenvalue weighted by molar-refractivity contribution is -0.119. The van der Waals surface area contributed by atoms with Crippen LogP contribution in [0, 0.1) is 5.92 Å². The Kier molecular flexibility index (Phi) is 6.79. The molecule has 2 aliphatic heterocycles. The van der Waals surface area contributed by atoms with Gasteiger partial charge in [0.25, 0.3) is 0 Å². The summed E-state index contributed by atoms with van der Waals surface area (Å²) in [5.41, 5.74) is 11.5. The molecule has 1 atom stereocenters. The predicted molar refractivity (Wildman–Crippen MR) is 137 cm³/mol. The smallest absolute Gasteiger partial charge is 0.229 e. The highest BCUT2D eigenvalue weighted by molar-refractivity contribution is 5.94. The number of carbonyl (C=O) groups is 1. The van der Waals surface area contributed by atoms with Crippen LogP contribution in [0.2, 0.25) is 0 Å². The van der Waals surface area contributed by atoms with E-state index < -0.39 is 0 Å².